The Bertz CT molecular complexity index is 709. The topological polar surface area (TPSA) is 87.1 Å². The van der Waals surface area contributed by atoms with Crippen molar-refractivity contribution in [3.63, 3.8) is 0 Å². The SMILES string of the molecule is CN(C)C(=O)COC(=O)c1cc(O)c2ccccc2c1O. The molecular weight excluding hydrogens is 274 g/mol. The van der Waals surface area contributed by atoms with Gasteiger partial charge >= 0.3 is 5.97 Å². The zero-order chi connectivity index (χ0) is 15.6. The number of phenolic OH excluding ortho intramolecular Hbond substituents is 2. The number of phenols is 2. The van der Waals surface area contributed by atoms with Crippen LogP contribution in [0.2, 0.25) is 0 Å². The minimum atomic E-state index is -0.872. The van der Waals surface area contributed by atoms with Crippen molar-refractivity contribution in [3.8, 4) is 11.5 Å². The third-order valence-electron chi connectivity index (χ3n) is 3.04. The number of likely N-dealkylation sites (N-methyl/N-ethyl adjacent to an activating group) is 1. The number of benzene rings is 2. The van der Waals surface area contributed by atoms with Crippen LogP contribution in [0.3, 0.4) is 0 Å². The van der Waals surface area contributed by atoms with Gasteiger partial charge in [0.1, 0.15) is 17.1 Å². The summed E-state index contributed by atoms with van der Waals surface area (Å²) in [6.45, 7) is -0.432. The average molecular weight is 289 g/mol. The first kappa shape index (κ1) is 14.6. The van der Waals surface area contributed by atoms with Crippen molar-refractivity contribution < 1.29 is 24.5 Å². The van der Waals surface area contributed by atoms with Crippen LogP contribution in [0.15, 0.2) is 30.3 Å². The number of amides is 1. The second kappa shape index (κ2) is 5.70. The number of fused-ring (bicyclic) bond motifs is 1. The van der Waals surface area contributed by atoms with E-state index in [2.05, 4.69) is 0 Å². The summed E-state index contributed by atoms with van der Waals surface area (Å²) in [5.41, 5.74) is -0.183. The Balaban J connectivity index is 2.32. The summed E-state index contributed by atoms with van der Waals surface area (Å²) < 4.78 is 4.83. The minimum absolute atomic E-state index is 0.144. The van der Waals surface area contributed by atoms with Crippen LogP contribution in [0, 0.1) is 0 Å². The maximum absolute atomic E-state index is 11.9. The lowest BCUT2D eigenvalue weighted by molar-refractivity contribution is -0.131. The van der Waals surface area contributed by atoms with Gasteiger partial charge in [-0.1, -0.05) is 24.3 Å². The fourth-order valence-electron chi connectivity index (χ4n) is 1.83. The number of rotatable bonds is 3. The molecule has 0 saturated heterocycles. The zero-order valence-corrected chi connectivity index (χ0v) is 11.7. The van der Waals surface area contributed by atoms with Gasteiger partial charge in [-0.15, -0.1) is 0 Å². The third kappa shape index (κ3) is 2.89. The van der Waals surface area contributed by atoms with Gasteiger partial charge in [-0.3, -0.25) is 4.79 Å². The highest BCUT2D eigenvalue weighted by Crippen LogP contribution is 2.35. The summed E-state index contributed by atoms with van der Waals surface area (Å²) >= 11 is 0. The molecule has 0 bridgehead atoms. The fraction of sp³-hybridized carbons (Fsp3) is 0.200. The molecule has 2 aromatic carbocycles. The predicted molar refractivity (Wildman–Crippen MR) is 76.3 cm³/mol. The summed E-state index contributed by atoms with van der Waals surface area (Å²) in [5, 5.41) is 20.8. The molecule has 0 atom stereocenters. The molecule has 21 heavy (non-hydrogen) atoms. The molecule has 110 valence electrons. The van der Waals surface area contributed by atoms with E-state index < -0.39 is 12.6 Å². The van der Waals surface area contributed by atoms with E-state index in [0.29, 0.717) is 10.8 Å². The van der Waals surface area contributed by atoms with Crippen LogP contribution in [0.25, 0.3) is 10.8 Å². The van der Waals surface area contributed by atoms with Crippen molar-refractivity contribution in [3.05, 3.63) is 35.9 Å². The molecule has 0 radical (unpaired) electrons. The van der Waals surface area contributed by atoms with Gasteiger partial charge in [-0.2, -0.15) is 0 Å². The highest BCUT2D eigenvalue weighted by molar-refractivity contribution is 6.04. The number of aromatic hydroxyl groups is 2. The first-order valence-electron chi connectivity index (χ1n) is 6.22. The fourth-order valence-corrected chi connectivity index (χ4v) is 1.83. The van der Waals surface area contributed by atoms with Crippen LogP contribution in [0.1, 0.15) is 10.4 Å². The van der Waals surface area contributed by atoms with Crippen LogP contribution in [-0.4, -0.2) is 47.7 Å². The van der Waals surface area contributed by atoms with E-state index in [1.54, 1.807) is 24.3 Å². The number of hydrogen-bond donors (Lipinski definition) is 2. The highest BCUT2D eigenvalue weighted by atomic mass is 16.5. The summed E-state index contributed by atoms with van der Waals surface area (Å²) in [5.74, 6) is -1.68. The molecule has 0 fully saturated rings. The first-order valence-corrected chi connectivity index (χ1v) is 6.22. The standard InChI is InChI=1S/C15H15NO5/c1-16(2)13(18)8-21-15(20)11-7-12(17)9-5-3-4-6-10(9)14(11)19/h3-7,17,19H,8H2,1-2H3. The number of nitrogens with zero attached hydrogens (tertiary/aromatic N) is 1. The Labute approximate surface area is 121 Å². The first-order chi connectivity index (χ1) is 9.91. The highest BCUT2D eigenvalue weighted by Gasteiger charge is 2.19. The van der Waals surface area contributed by atoms with Crippen LogP contribution >= 0.6 is 0 Å². The Hall–Kier alpha value is -2.76. The van der Waals surface area contributed by atoms with Crippen LogP contribution in [-0.2, 0) is 9.53 Å². The largest absolute Gasteiger partial charge is 0.507 e. The van der Waals surface area contributed by atoms with E-state index in [0.717, 1.165) is 6.07 Å². The Morgan fingerprint density at radius 2 is 1.76 bits per heavy atom. The number of carbonyl (C=O) groups is 2. The van der Waals surface area contributed by atoms with Gasteiger partial charge in [0.05, 0.1) is 0 Å². The molecule has 6 heteroatoms. The number of hydrogen-bond acceptors (Lipinski definition) is 5. The summed E-state index contributed by atoms with van der Waals surface area (Å²) in [6, 6.07) is 7.70. The molecule has 0 heterocycles. The number of carbonyl (C=O) groups excluding carboxylic acids is 2. The lowest BCUT2D eigenvalue weighted by atomic mass is 10.0. The molecule has 0 aliphatic carbocycles. The molecule has 0 unspecified atom stereocenters. The van der Waals surface area contributed by atoms with E-state index >= 15 is 0 Å². The van der Waals surface area contributed by atoms with Crippen LogP contribution < -0.4 is 0 Å². The maximum Gasteiger partial charge on any atom is 0.342 e. The molecule has 2 N–H and O–H groups in total. The molecule has 0 saturated carbocycles. The van der Waals surface area contributed by atoms with E-state index in [-0.39, 0.29) is 23.0 Å². The van der Waals surface area contributed by atoms with Crippen LogP contribution in [0.5, 0.6) is 11.5 Å². The molecule has 0 aliphatic rings. The summed E-state index contributed by atoms with van der Waals surface area (Å²) in [6.07, 6.45) is 0. The van der Waals surface area contributed by atoms with E-state index in [9.17, 15) is 19.8 Å². The van der Waals surface area contributed by atoms with Gasteiger partial charge in [0.15, 0.2) is 6.61 Å². The summed E-state index contributed by atoms with van der Waals surface area (Å²) in [4.78, 5) is 24.6. The van der Waals surface area contributed by atoms with Gasteiger partial charge in [-0.25, -0.2) is 4.79 Å². The molecule has 0 aliphatic heterocycles. The Kier molecular flexibility index (Phi) is 3.98. The van der Waals surface area contributed by atoms with Gasteiger partial charge in [0.25, 0.3) is 5.91 Å². The number of ether oxygens (including phenoxy) is 1. The average Bonchev–Trinajstić information content (AvgIpc) is 2.48. The molecule has 0 aromatic heterocycles. The van der Waals surface area contributed by atoms with Crippen molar-refractivity contribution in [1.82, 2.24) is 4.90 Å². The smallest absolute Gasteiger partial charge is 0.342 e. The minimum Gasteiger partial charge on any atom is -0.507 e. The van der Waals surface area contributed by atoms with Crippen molar-refractivity contribution in [2.75, 3.05) is 20.7 Å². The van der Waals surface area contributed by atoms with Crippen LogP contribution in [0.4, 0.5) is 0 Å². The second-order valence-electron chi connectivity index (χ2n) is 4.70. The lowest BCUT2D eigenvalue weighted by Gasteiger charge is -2.12. The quantitative estimate of drug-likeness (QED) is 0.660. The van der Waals surface area contributed by atoms with E-state index in [4.69, 9.17) is 4.74 Å². The van der Waals surface area contributed by atoms with E-state index in [1.807, 2.05) is 0 Å². The molecule has 0 spiro atoms. The molecule has 2 rings (SSSR count). The Morgan fingerprint density at radius 3 is 2.38 bits per heavy atom. The van der Waals surface area contributed by atoms with Crippen molar-refractivity contribution in [1.29, 1.82) is 0 Å². The lowest BCUT2D eigenvalue weighted by Crippen LogP contribution is -2.27. The predicted octanol–water partition coefficient (Wildman–Crippen LogP) is 1.50. The van der Waals surface area contributed by atoms with Crippen molar-refractivity contribution in [2.45, 2.75) is 0 Å². The van der Waals surface area contributed by atoms with Gasteiger partial charge in [0.2, 0.25) is 0 Å². The van der Waals surface area contributed by atoms with Crippen molar-refractivity contribution in [2.24, 2.45) is 0 Å². The molecule has 2 aromatic rings. The maximum atomic E-state index is 11.9. The van der Waals surface area contributed by atoms with E-state index in [1.165, 1.54) is 19.0 Å². The molecular formula is C15H15NO5. The van der Waals surface area contributed by atoms with Gasteiger partial charge in [-0.05, 0) is 6.07 Å². The molecule has 1 amide bonds. The Morgan fingerprint density at radius 1 is 1.14 bits per heavy atom. The second-order valence-corrected chi connectivity index (χ2v) is 4.70. The molecule has 6 nitrogen and oxygen atoms in total. The normalized spacial score (nSPS) is 10.4. The zero-order valence-electron chi connectivity index (χ0n) is 11.7. The van der Waals surface area contributed by atoms with Gasteiger partial charge < -0.3 is 19.8 Å². The summed E-state index contributed by atoms with van der Waals surface area (Å²) in [7, 11) is 3.07. The monoisotopic (exact) mass is 289 g/mol. The third-order valence-corrected chi connectivity index (χ3v) is 3.04. The van der Waals surface area contributed by atoms with Gasteiger partial charge in [0, 0.05) is 24.9 Å². The number of esters is 1. The van der Waals surface area contributed by atoms with Crippen molar-refractivity contribution >= 4 is 22.6 Å².